The highest BCUT2D eigenvalue weighted by atomic mass is 16.5. The van der Waals surface area contributed by atoms with Crippen molar-refractivity contribution in [2.45, 2.75) is 51.5 Å². The Morgan fingerprint density at radius 2 is 1.89 bits per heavy atom. The summed E-state index contributed by atoms with van der Waals surface area (Å²) >= 11 is 0. The average Bonchev–Trinajstić information content (AvgIpc) is 2.37. The van der Waals surface area contributed by atoms with Gasteiger partial charge < -0.3 is 10.1 Å². The predicted molar refractivity (Wildman–Crippen MR) is 76.3 cm³/mol. The highest BCUT2D eigenvalue weighted by molar-refractivity contribution is 5.31. The summed E-state index contributed by atoms with van der Waals surface area (Å²) < 4.78 is 5.85. The van der Waals surface area contributed by atoms with E-state index in [1.54, 1.807) is 0 Å². The second kappa shape index (κ2) is 5.75. The molecule has 1 aromatic rings. The van der Waals surface area contributed by atoms with E-state index >= 15 is 0 Å². The Morgan fingerprint density at radius 3 is 2.44 bits per heavy atom. The lowest BCUT2D eigenvalue weighted by Gasteiger charge is -2.24. The average molecular weight is 247 g/mol. The number of rotatable bonds is 3. The van der Waals surface area contributed by atoms with Crippen molar-refractivity contribution in [3.05, 3.63) is 29.8 Å². The van der Waals surface area contributed by atoms with Crippen molar-refractivity contribution in [3.63, 3.8) is 0 Å². The number of nitrogens with one attached hydrogen (secondary N) is 1. The van der Waals surface area contributed by atoms with Crippen LogP contribution < -0.4 is 10.1 Å². The van der Waals surface area contributed by atoms with E-state index in [9.17, 15) is 0 Å². The zero-order chi connectivity index (χ0) is 13.0. The quantitative estimate of drug-likeness (QED) is 0.882. The molecule has 1 fully saturated rings. The summed E-state index contributed by atoms with van der Waals surface area (Å²) in [4.78, 5) is 0. The predicted octanol–water partition coefficient (Wildman–Crippen LogP) is 3.51. The topological polar surface area (TPSA) is 21.3 Å². The zero-order valence-electron chi connectivity index (χ0n) is 11.8. The van der Waals surface area contributed by atoms with Crippen LogP contribution in [0.5, 0.6) is 5.75 Å². The summed E-state index contributed by atoms with van der Waals surface area (Å²) in [5, 5.41) is 3.50. The largest absolute Gasteiger partial charge is 0.492 e. The van der Waals surface area contributed by atoms with E-state index < -0.39 is 0 Å². The van der Waals surface area contributed by atoms with Gasteiger partial charge in [-0.25, -0.2) is 0 Å². The maximum Gasteiger partial charge on any atom is 0.119 e. The van der Waals surface area contributed by atoms with E-state index in [2.05, 4.69) is 50.4 Å². The smallest absolute Gasteiger partial charge is 0.119 e. The fourth-order valence-corrected chi connectivity index (χ4v) is 2.31. The molecule has 0 bridgehead atoms. The van der Waals surface area contributed by atoms with Gasteiger partial charge in [-0.1, -0.05) is 39.3 Å². The maximum atomic E-state index is 5.85. The fraction of sp³-hybridized carbons (Fsp3) is 0.625. The lowest BCUT2D eigenvalue weighted by Crippen LogP contribution is -2.38. The molecule has 0 aliphatic carbocycles. The van der Waals surface area contributed by atoms with E-state index in [-0.39, 0.29) is 5.41 Å². The molecule has 1 aliphatic rings. The first-order chi connectivity index (χ1) is 8.55. The monoisotopic (exact) mass is 247 g/mol. The van der Waals surface area contributed by atoms with Gasteiger partial charge in [0.05, 0.1) is 0 Å². The Kier molecular flexibility index (Phi) is 4.28. The van der Waals surface area contributed by atoms with Crippen molar-refractivity contribution in [2.75, 3.05) is 13.2 Å². The number of piperidine rings is 1. The number of hydrogen-bond donors (Lipinski definition) is 1. The normalized spacial score (nSPS) is 20.7. The molecule has 100 valence electrons. The molecule has 1 N–H and O–H groups in total. The Morgan fingerprint density at radius 1 is 1.17 bits per heavy atom. The highest BCUT2D eigenvalue weighted by Gasteiger charge is 2.14. The molecule has 1 atom stereocenters. The van der Waals surface area contributed by atoms with Crippen LogP contribution in [0.1, 0.15) is 45.6 Å². The molecule has 18 heavy (non-hydrogen) atoms. The molecule has 0 spiro atoms. The van der Waals surface area contributed by atoms with Gasteiger partial charge in [-0.3, -0.25) is 0 Å². The fourth-order valence-electron chi connectivity index (χ4n) is 2.31. The third-order valence-electron chi connectivity index (χ3n) is 3.58. The van der Waals surface area contributed by atoms with Crippen molar-refractivity contribution in [3.8, 4) is 5.75 Å². The van der Waals surface area contributed by atoms with E-state index in [4.69, 9.17) is 4.74 Å². The van der Waals surface area contributed by atoms with Gasteiger partial charge in [-0.15, -0.1) is 0 Å². The molecule has 2 heteroatoms. The molecule has 1 aromatic carbocycles. The first-order valence-electron chi connectivity index (χ1n) is 7.02. The number of hydrogen-bond acceptors (Lipinski definition) is 2. The third-order valence-corrected chi connectivity index (χ3v) is 3.58. The Balaban J connectivity index is 1.86. The Bertz CT molecular complexity index is 358. The van der Waals surface area contributed by atoms with Gasteiger partial charge in [0.1, 0.15) is 12.4 Å². The van der Waals surface area contributed by atoms with Crippen LogP contribution in [-0.4, -0.2) is 19.2 Å². The maximum absolute atomic E-state index is 5.85. The highest BCUT2D eigenvalue weighted by Crippen LogP contribution is 2.24. The molecular weight excluding hydrogens is 222 g/mol. The van der Waals surface area contributed by atoms with Crippen LogP contribution >= 0.6 is 0 Å². The van der Waals surface area contributed by atoms with Gasteiger partial charge in [-0.05, 0) is 42.5 Å². The summed E-state index contributed by atoms with van der Waals surface area (Å²) in [5.74, 6) is 0.982. The summed E-state index contributed by atoms with van der Waals surface area (Å²) in [6, 6.07) is 9.04. The van der Waals surface area contributed by atoms with Crippen LogP contribution in [0.2, 0.25) is 0 Å². The van der Waals surface area contributed by atoms with Crippen LogP contribution in [0, 0.1) is 0 Å². The first-order valence-corrected chi connectivity index (χ1v) is 7.02. The number of ether oxygens (including phenoxy) is 1. The molecule has 0 saturated carbocycles. The summed E-state index contributed by atoms with van der Waals surface area (Å²) in [7, 11) is 0. The number of benzene rings is 1. The minimum absolute atomic E-state index is 0.212. The van der Waals surface area contributed by atoms with Crippen molar-refractivity contribution in [1.82, 2.24) is 5.32 Å². The van der Waals surface area contributed by atoms with Gasteiger partial charge in [-0.2, -0.15) is 0 Å². The lowest BCUT2D eigenvalue weighted by atomic mass is 9.87. The van der Waals surface area contributed by atoms with Gasteiger partial charge in [0.2, 0.25) is 0 Å². The van der Waals surface area contributed by atoms with Crippen molar-refractivity contribution >= 4 is 0 Å². The minimum Gasteiger partial charge on any atom is -0.492 e. The van der Waals surface area contributed by atoms with Crippen LogP contribution in [0.4, 0.5) is 0 Å². The first kappa shape index (κ1) is 13.4. The van der Waals surface area contributed by atoms with E-state index in [1.165, 1.54) is 24.8 Å². The summed E-state index contributed by atoms with van der Waals surface area (Å²) in [6.07, 6.45) is 3.86. The molecule has 2 nitrogen and oxygen atoms in total. The molecule has 0 aromatic heterocycles. The van der Waals surface area contributed by atoms with Crippen LogP contribution in [0.15, 0.2) is 24.3 Å². The lowest BCUT2D eigenvalue weighted by molar-refractivity contribution is 0.239. The van der Waals surface area contributed by atoms with Gasteiger partial charge >= 0.3 is 0 Å². The molecule has 1 heterocycles. The molecule has 1 aliphatic heterocycles. The zero-order valence-corrected chi connectivity index (χ0v) is 11.8. The summed E-state index contributed by atoms with van der Waals surface area (Å²) in [6.45, 7) is 8.62. The molecular formula is C16H25NO. The molecule has 1 saturated heterocycles. The van der Waals surface area contributed by atoms with Crippen LogP contribution in [0.3, 0.4) is 0 Å². The van der Waals surface area contributed by atoms with Crippen LogP contribution in [-0.2, 0) is 5.41 Å². The van der Waals surface area contributed by atoms with E-state index in [0.29, 0.717) is 6.04 Å². The van der Waals surface area contributed by atoms with Gasteiger partial charge in [0, 0.05) is 6.04 Å². The molecule has 0 radical (unpaired) electrons. The van der Waals surface area contributed by atoms with Crippen molar-refractivity contribution in [1.29, 1.82) is 0 Å². The van der Waals surface area contributed by atoms with Crippen molar-refractivity contribution < 1.29 is 4.74 Å². The van der Waals surface area contributed by atoms with Gasteiger partial charge in [0.15, 0.2) is 0 Å². The Hall–Kier alpha value is -1.02. The van der Waals surface area contributed by atoms with Gasteiger partial charge in [0.25, 0.3) is 0 Å². The van der Waals surface area contributed by atoms with Crippen LogP contribution in [0.25, 0.3) is 0 Å². The second-order valence-electron chi connectivity index (χ2n) is 6.23. The third kappa shape index (κ3) is 3.74. The second-order valence-corrected chi connectivity index (χ2v) is 6.23. The van der Waals surface area contributed by atoms with E-state index in [0.717, 1.165) is 18.9 Å². The summed E-state index contributed by atoms with van der Waals surface area (Å²) in [5.41, 5.74) is 1.56. The molecule has 0 amide bonds. The minimum atomic E-state index is 0.212. The van der Waals surface area contributed by atoms with Crippen molar-refractivity contribution in [2.24, 2.45) is 0 Å². The van der Waals surface area contributed by atoms with E-state index in [1.807, 2.05) is 0 Å². The standard InChI is InChI=1S/C16H25NO/c1-16(2,3)13-7-9-15(10-8-13)18-12-14-6-4-5-11-17-14/h7-10,14,17H,4-6,11-12H2,1-3H3. The Labute approximate surface area is 111 Å². The molecule has 2 rings (SSSR count). The molecule has 1 unspecified atom stereocenters. The SMILES string of the molecule is CC(C)(C)c1ccc(OCC2CCCCN2)cc1.